The Morgan fingerprint density at radius 3 is 2.33 bits per heavy atom. The Balaban J connectivity index is 2.49. The fourth-order valence-corrected chi connectivity index (χ4v) is 3.35. The van der Waals surface area contributed by atoms with Crippen molar-refractivity contribution in [3.8, 4) is 5.75 Å². The van der Waals surface area contributed by atoms with Crippen LogP contribution in [0.25, 0.3) is 0 Å². The fourth-order valence-electron chi connectivity index (χ4n) is 2.15. The van der Waals surface area contributed by atoms with Gasteiger partial charge in [0.2, 0.25) is 0 Å². The highest BCUT2D eigenvalue weighted by molar-refractivity contribution is 7.92. The van der Waals surface area contributed by atoms with E-state index in [0.29, 0.717) is 0 Å². The van der Waals surface area contributed by atoms with E-state index >= 15 is 0 Å². The van der Waals surface area contributed by atoms with Crippen molar-refractivity contribution in [3.63, 3.8) is 0 Å². The SMILES string of the molecule is CCOc1cc([N+](=O)[O-])ccc1N(C)S(=O)(=O)c1ccc(C)cc1. The maximum atomic E-state index is 12.8. The number of rotatable bonds is 6. The first-order chi connectivity index (χ1) is 11.3. The van der Waals surface area contributed by atoms with Crippen LogP contribution in [0.15, 0.2) is 47.4 Å². The molecule has 0 aliphatic heterocycles. The molecule has 7 nitrogen and oxygen atoms in total. The first-order valence-corrected chi connectivity index (χ1v) is 8.68. The van der Waals surface area contributed by atoms with E-state index in [1.54, 1.807) is 19.1 Å². The highest BCUT2D eigenvalue weighted by Gasteiger charge is 2.25. The van der Waals surface area contributed by atoms with Gasteiger partial charge in [-0.15, -0.1) is 0 Å². The average molecular weight is 350 g/mol. The van der Waals surface area contributed by atoms with Crippen molar-refractivity contribution in [3.05, 3.63) is 58.1 Å². The molecule has 0 amide bonds. The Kier molecular flexibility index (Phi) is 5.08. The summed E-state index contributed by atoms with van der Waals surface area (Å²) in [5.41, 5.74) is 1.02. The molecule has 0 unspecified atom stereocenters. The number of benzene rings is 2. The molecule has 0 atom stereocenters. The van der Waals surface area contributed by atoms with E-state index in [1.165, 1.54) is 37.4 Å². The van der Waals surface area contributed by atoms with Crippen molar-refractivity contribution in [2.75, 3.05) is 18.0 Å². The minimum Gasteiger partial charge on any atom is -0.491 e. The van der Waals surface area contributed by atoms with Crippen molar-refractivity contribution in [2.45, 2.75) is 18.7 Å². The van der Waals surface area contributed by atoms with E-state index in [4.69, 9.17) is 4.74 Å². The quantitative estimate of drug-likeness (QED) is 0.590. The van der Waals surface area contributed by atoms with Crippen molar-refractivity contribution < 1.29 is 18.1 Å². The van der Waals surface area contributed by atoms with Gasteiger partial charge < -0.3 is 4.74 Å². The molecule has 24 heavy (non-hydrogen) atoms. The predicted molar refractivity (Wildman–Crippen MR) is 91.0 cm³/mol. The van der Waals surface area contributed by atoms with Gasteiger partial charge >= 0.3 is 0 Å². The number of anilines is 1. The second kappa shape index (κ2) is 6.88. The summed E-state index contributed by atoms with van der Waals surface area (Å²) in [5.74, 6) is 0.143. The van der Waals surface area contributed by atoms with Crippen LogP contribution in [0.1, 0.15) is 12.5 Å². The molecule has 8 heteroatoms. The average Bonchev–Trinajstić information content (AvgIpc) is 2.54. The number of hydrogen-bond acceptors (Lipinski definition) is 5. The van der Waals surface area contributed by atoms with E-state index in [9.17, 15) is 18.5 Å². The second-order valence-electron chi connectivity index (χ2n) is 5.13. The first-order valence-electron chi connectivity index (χ1n) is 7.24. The molecule has 0 aromatic heterocycles. The Morgan fingerprint density at radius 2 is 1.79 bits per heavy atom. The highest BCUT2D eigenvalue weighted by Crippen LogP contribution is 2.34. The molecule has 128 valence electrons. The number of non-ortho nitro benzene ring substituents is 1. The number of ether oxygens (including phenoxy) is 1. The number of sulfonamides is 1. The van der Waals surface area contributed by atoms with Gasteiger partial charge in [-0.25, -0.2) is 8.42 Å². The van der Waals surface area contributed by atoms with Crippen LogP contribution in [0.4, 0.5) is 11.4 Å². The zero-order valence-corrected chi connectivity index (χ0v) is 14.4. The van der Waals surface area contributed by atoms with Crippen LogP contribution in [-0.2, 0) is 10.0 Å². The van der Waals surface area contributed by atoms with E-state index in [0.717, 1.165) is 9.87 Å². The number of aryl methyl sites for hydroxylation is 1. The lowest BCUT2D eigenvalue weighted by molar-refractivity contribution is -0.384. The number of nitro groups is 1. The third-order valence-electron chi connectivity index (χ3n) is 3.47. The van der Waals surface area contributed by atoms with Crippen molar-refractivity contribution >= 4 is 21.4 Å². The molecule has 0 radical (unpaired) electrons. The maximum absolute atomic E-state index is 12.8. The van der Waals surface area contributed by atoms with Crippen molar-refractivity contribution in [2.24, 2.45) is 0 Å². The molecule has 2 rings (SSSR count). The molecule has 0 bridgehead atoms. The van der Waals surface area contributed by atoms with Gasteiger partial charge in [0.15, 0.2) is 0 Å². The Morgan fingerprint density at radius 1 is 1.17 bits per heavy atom. The van der Waals surface area contributed by atoms with Crippen LogP contribution in [0.2, 0.25) is 0 Å². The molecule has 0 saturated carbocycles. The summed E-state index contributed by atoms with van der Waals surface area (Å²) in [6, 6.07) is 10.3. The lowest BCUT2D eigenvalue weighted by atomic mass is 10.2. The molecule has 0 fully saturated rings. The van der Waals surface area contributed by atoms with Gasteiger partial charge in [-0.3, -0.25) is 14.4 Å². The minimum absolute atomic E-state index is 0.136. The van der Waals surface area contributed by atoms with Crippen LogP contribution in [0.3, 0.4) is 0 Å². The Hall–Kier alpha value is -2.61. The van der Waals surface area contributed by atoms with Crippen LogP contribution >= 0.6 is 0 Å². The van der Waals surface area contributed by atoms with Crippen LogP contribution in [0, 0.1) is 17.0 Å². The molecule has 0 spiro atoms. The standard InChI is InChI=1S/C16H18N2O5S/c1-4-23-16-11-13(18(19)20)7-10-15(16)17(3)24(21,22)14-8-5-12(2)6-9-14/h5-11H,4H2,1-3H3. The van der Waals surface area contributed by atoms with Gasteiger partial charge in [-0.1, -0.05) is 17.7 Å². The molecule has 0 saturated heterocycles. The summed E-state index contributed by atoms with van der Waals surface area (Å²) in [4.78, 5) is 10.5. The maximum Gasteiger partial charge on any atom is 0.273 e. The Labute approximate surface area is 140 Å². The normalized spacial score (nSPS) is 11.1. The predicted octanol–water partition coefficient (Wildman–Crippen LogP) is 3.13. The molecule has 0 aliphatic rings. The van der Waals surface area contributed by atoms with Gasteiger partial charge in [0, 0.05) is 13.1 Å². The summed E-state index contributed by atoms with van der Waals surface area (Å²) in [7, 11) is -2.41. The second-order valence-corrected chi connectivity index (χ2v) is 7.10. The van der Waals surface area contributed by atoms with Gasteiger partial charge in [-0.05, 0) is 32.0 Å². The first kappa shape index (κ1) is 17.7. The largest absolute Gasteiger partial charge is 0.491 e. The summed E-state index contributed by atoms with van der Waals surface area (Å²) in [6.07, 6.45) is 0. The fraction of sp³-hybridized carbons (Fsp3) is 0.250. The molecular formula is C16H18N2O5S. The molecule has 0 N–H and O–H groups in total. The summed E-state index contributed by atoms with van der Waals surface area (Å²) >= 11 is 0. The number of nitrogens with zero attached hydrogens (tertiary/aromatic N) is 2. The van der Waals surface area contributed by atoms with Crippen LogP contribution < -0.4 is 9.04 Å². The van der Waals surface area contributed by atoms with Crippen molar-refractivity contribution in [1.29, 1.82) is 0 Å². The zero-order chi connectivity index (χ0) is 17.9. The molecular weight excluding hydrogens is 332 g/mol. The van der Waals surface area contributed by atoms with Crippen LogP contribution in [-0.4, -0.2) is 27.0 Å². The van der Waals surface area contributed by atoms with Gasteiger partial charge in [0.05, 0.1) is 28.2 Å². The van der Waals surface area contributed by atoms with Crippen LogP contribution in [0.5, 0.6) is 5.75 Å². The monoisotopic (exact) mass is 350 g/mol. The summed E-state index contributed by atoms with van der Waals surface area (Å²) in [6.45, 7) is 3.84. The molecule has 2 aromatic carbocycles. The topological polar surface area (TPSA) is 89.8 Å². The third-order valence-corrected chi connectivity index (χ3v) is 5.26. The molecule has 2 aromatic rings. The van der Waals surface area contributed by atoms with E-state index in [1.807, 2.05) is 6.92 Å². The number of nitro benzene ring substituents is 1. The smallest absolute Gasteiger partial charge is 0.273 e. The van der Waals surface area contributed by atoms with E-state index in [-0.39, 0.29) is 28.6 Å². The molecule has 0 aliphatic carbocycles. The lowest BCUT2D eigenvalue weighted by Crippen LogP contribution is -2.27. The Bertz CT molecular complexity index is 847. The lowest BCUT2D eigenvalue weighted by Gasteiger charge is -2.22. The third kappa shape index (κ3) is 3.48. The minimum atomic E-state index is -3.80. The number of hydrogen-bond donors (Lipinski definition) is 0. The van der Waals surface area contributed by atoms with Gasteiger partial charge in [0.1, 0.15) is 5.75 Å². The van der Waals surface area contributed by atoms with E-state index in [2.05, 4.69) is 0 Å². The molecule has 0 heterocycles. The van der Waals surface area contributed by atoms with E-state index < -0.39 is 14.9 Å². The zero-order valence-electron chi connectivity index (χ0n) is 13.6. The summed E-state index contributed by atoms with van der Waals surface area (Å²) < 4.78 is 32.0. The highest BCUT2D eigenvalue weighted by atomic mass is 32.2. The van der Waals surface area contributed by atoms with Gasteiger partial charge in [-0.2, -0.15) is 0 Å². The van der Waals surface area contributed by atoms with Gasteiger partial charge in [0.25, 0.3) is 15.7 Å². The van der Waals surface area contributed by atoms with Crippen molar-refractivity contribution in [1.82, 2.24) is 0 Å². The summed E-state index contributed by atoms with van der Waals surface area (Å²) in [5, 5.41) is 10.9.